The van der Waals surface area contributed by atoms with Crippen LogP contribution in [0, 0.1) is 0 Å². The predicted molar refractivity (Wildman–Crippen MR) is 75.5 cm³/mol. The number of hydrogen-bond donors (Lipinski definition) is 2. The molecule has 1 amide bonds. The molecule has 0 aromatic heterocycles. The maximum atomic E-state index is 11.5. The maximum absolute atomic E-state index is 11.5. The number of anilines is 2. The van der Waals surface area contributed by atoms with Gasteiger partial charge in [0.1, 0.15) is 0 Å². The predicted octanol–water partition coefficient (Wildman–Crippen LogP) is 0.711. The molecular formula is C14H19N3O3. The average molecular weight is 277 g/mol. The number of rotatable bonds is 2. The second-order valence-corrected chi connectivity index (χ2v) is 5.24. The molecule has 2 aliphatic rings. The van der Waals surface area contributed by atoms with Gasteiger partial charge < -0.3 is 25.8 Å². The number of carbonyl (C=O) groups is 1. The summed E-state index contributed by atoms with van der Waals surface area (Å²) in [5.74, 6) is -0.863. The van der Waals surface area contributed by atoms with Crippen molar-refractivity contribution in [2.75, 3.05) is 36.9 Å². The van der Waals surface area contributed by atoms with E-state index < -0.39 is 11.7 Å². The second kappa shape index (κ2) is 4.96. The minimum absolute atomic E-state index is 0.427. The van der Waals surface area contributed by atoms with Gasteiger partial charge in [-0.3, -0.25) is 4.79 Å². The Bertz CT molecular complexity index is 516. The second-order valence-electron chi connectivity index (χ2n) is 5.24. The summed E-state index contributed by atoms with van der Waals surface area (Å²) < 4.78 is 11.4. The molecule has 2 fully saturated rings. The lowest BCUT2D eigenvalue weighted by Gasteiger charge is -2.39. The topological polar surface area (TPSA) is 90.8 Å². The standard InChI is InChI=1S/C14H19N3O3/c15-10-1-2-11(13(16)18)12(9-10)17-5-3-14(4-6-17)19-7-8-20-14/h1-2,9H,3-8,15H2,(H2,16,18). The molecule has 0 bridgehead atoms. The van der Waals surface area contributed by atoms with E-state index in [0.29, 0.717) is 24.5 Å². The molecule has 0 radical (unpaired) electrons. The summed E-state index contributed by atoms with van der Waals surface area (Å²) in [5, 5.41) is 0. The number of benzene rings is 1. The molecule has 1 aromatic carbocycles. The first kappa shape index (κ1) is 13.2. The van der Waals surface area contributed by atoms with Crippen LogP contribution in [0.3, 0.4) is 0 Å². The minimum Gasteiger partial charge on any atom is -0.399 e. The molecule has 108 valence electrons. The highest BCUT2D eigenvalue weighted by atomic mass is 16.7. The number of nitrogens with zero attached hydrogens (tertiary/aromatic N) is 1. The summed E-state index contributed by atoms with van der Waals surface area (Å²) >= 11 is 0. The fourth-order valence-electron chi connectivity index (χ4n) is 2.89. The van der Waals surface area contributed by atoms with Crippen LogP contribution in [0.15, 0.2) is 18.2 Å². The fraction of sp³-hybridized carbons (Fsp3) is 0.500. The fourth-order valence-corrected chi connectivity index (χ4v) is 2.89. The lowest BCUT2D eigenvalue weighted by molar-refractivity contribution is -0.169. The van der Waals surface area contributed by atoms with Crippen LogP contribution < -0.4 is 16.4 Å². The zero-order chi connectivity index (χ0) is 14.2. The molecule has 2 heterocycles. The van der Waals surface area contributed by atoms with Crippen molar-refractivity contribution >= 4 is 17.3 Å². The smallest absolute Gasteiger partial charge is 0.250 e. The van der Waals surface area contributed by atoms with Gasteiger partial charge in [-0.1, -0.05) is 0 Å². The molecule has 0 atom stereocenters. The molecule has 0 aliphatic carbocycles. The summed E-state index contributed by atoms with van der Waals surface area (Å²) in [7, 11) is 0. The van der Waals surface area contributed by atoms with Crippen molar-refractivity contribution in [1.82, 2.24) is 0 Å². The number of nitrogen functional groups attached to an aromatic ring is 1. The Morgan fingerprint density at radius 1 is 1.20 bits per heavy atom. The third-order valence-corrected chi connectivity index (χ3v) is 3.97. The first-order chi connectivity index (χ1) is 9.60. The van der Waals surface area contributed by atoms with Crippen LogP contribution in [0.1, 0.15) is 23.2 Å². The van der Waals surface area contributed by atoms with Gasteiger partial charge >= 0.3 is 0 Å². The van der Waals surface area contributed by atoms with E-state index in [1.165, 1.54) is 0 Å². The molecule has 20 heavy (non-hydrogen) atoms. The van der Waals surface area contributed by atoms with Crippen LogP contribution >= 0.6 is 0 Å². The van der Waals surface area contributed by atoms with Gasteiger partial charge in [0, 0.05) is 31.6 Å². The van der Waals surface area contributed by atoms with Crippen molar-refractivity contribution in [1.29, 1.82) is 0 Å². The Labute approximate surface area is 117 Å². The van der Waals surface area contributed by atoms with Gasteiger partial charge in [-0.05, 0) is 18.2 Å². The zero-order valence-corrected chi connectivity index (χ0v) is 11.3. The van der Waals surface area contributed by atoms with Gasteiger partial charge in [-0.15, -0.1) is 0 Å². The van der Waals surface area contributed by atoms with Gasteiger partial charge in [0.15, 0.2) is 5.79 Å². The van der Waals surface area contributed by atoms with E-state index in [1.807, 2.05) is 0 Å². The first-order valence-corrected chi connectivity index (χ1v) is 6.82. The van der Waals surface area contributed by atoms with E-state index in [2.05, 4.69) is 4.90 Å². The van der Waals surface area contributed by atoms with Crippen LogP contribution in [0.5, 0.6) is 0 Å². The van der Waals surface area contributed by atoms with Crippen molar-refractivity contribution in [2.24, 2.45) is 5.73 Å². The van der Waals surface area contributed by atoms with Gasteiger partial charge in [0.2, 0.25) is 0 Å². The Hall–Kier alpha value is -1.79. The highest BCUT2D eigenvalue weighted by Crippen LogP contribution is 2.34. The monoisotopic (exact) mass is 277 g/mol. The van der Waals surface area contributed by atoms with Crippen molar-refractivity contribution in [2.45, 2.75) is 18.6 Å². The van der Waals surface area contributed by atoms with Gasteiger partial charge in [0.25, 0.3) is 5.91 Å². The number of primary amides is 1. The first-order valence-electron chi connectivity index (χ1n) is 6.82. The highest BCUT2D eigenvalue weighted by Gasteiger charge is 2.40. The van der Waals surface area contributed by atoms with Crippen molar-refractivity contribution in [3.63, 3.8) is 0 Å². The molecular weight excluding hydrogens is 258 g/mol. The van der Waals surface area contributed by atoms with Gasteiger partial charge in [-0.25, -0.2) is 0 Å². The average Bonchev–Trinajstić information content (AvgIpc) is 2.87. The largest absolute Gasteiger partial charge is 0.399 e. The van der Waals surface area contributed by atoms with Crippen LogP contribution in [0.25, 0.3) is 0 Å². The van der Waals surface area contributed by atoms with E-state index in [9.17, 15) is 4.79 Å². The molecule has 1 aromatic rings. The number of hydrogen-bond acceptors (Lipinski definition) is 5. The van der Waals surface area contributed by atoms with Crippen LogP contribution in [-0.4, -0.2) is 38.0 Å². The summed E-state index contributed by atoms with van der Waals surface area (Å²) in [4.78, 5) is 13.6. The van der Waals surface area contributed by atoms with E-state index in [1.54, 1.807) is 18.2 Å². The maximum Gasteiger partial charge on any atom is 0.250 e. The SMILES string of the molecule is NC(=O)c1ccc(N)cc1N1CCC2(CC1)OCCO2. The normalized spacial score (nSPS) is 21.3. The van der Waals surface area contributed by atoms with Crippen molar-refractivity contribution < 1.29 is 14.3 Å². The Morgan fingerprint density at radius 2 is 1.85 bits per heavy atom. The zero-order valence-electron chi connectivity index (χ0n) is 11.3. The Balaban J connectivity index is 1.80. The van der Waals surface area contributed by atoms with Crippen LogP contribution in [-0.2, 0) is 9.47 Å². The summed E-state index contributed by atoms with van der Waals surface area (Å²) in [5.41, 5.74) is 13.2. The molecule has 2 aliphatic heterocycles. The minimum atomic E-state index is -0.436. The molecule has 4 N–H and O–H groups in total. The van der Waals surface area contributed by atoms with Crippen molar-refractivity contribution in [3.05, 3.63) is 23.8 Å². The molecule has 3 rings (SSSR count). The van der Waals surface area contributed by atoms with Gasteiger partial charge in [0.05, 0.1) is 24.5 Å². The lowest BCUT2D eigenvalue weighted by atomic mass is 10.0. The highest BCUT2D eigenvalue weighted by molar-refractivity contribution is 5.99. The van der Waals surface area contributed by atoms with Gasteiger partial charge in [-0.2, -0.15) is 0 Å². The molecule has 0 saturated carbocycles. The molecule has 2 saturated heterocycles. The van der Waals surface area contributed by atoms with E-state index in [-0.39, 0.29) is 0 Å². The van der Waals surface area contributed by atoms with Crippen molar-refractivity contribution in [3.8, 4) is 0 Å². The lowest BCUT2D eigenvalue weighted by Crippen LogP contribution is -2.45. The van der Waals surface area contributed by atoms with Crippen LogP contribution in [0.2, 0.25) is 0 Å². The van der Waals surface area contributed by atoms with E-state index in [0.717, 1.165) is 31.6 Å². The molecule has 1 spiro atoms. The third kappa shape index (κ3) is 2.32. The number of amides is 1. The Morgan fingerprint density at radius 3 is 2.45 bits per heavy atom. The molecule has 0 unspecified atom stereocenters. The summed E-state index contributed by atoms with van der Waals surface area (Å²) in [6.45, 7) is 2.82. The summed E-state index contributed by atoms with van der Waals surface area (Å²) in [6.07, 6.45) is 1.56. The quantitative estimate of drug-likeness (QED) is 0.777. The number of ether oxygens (including phenoxy) is 2. The number of nitrogens with two attached hydrogens (primary N) is 2. The van der Waals surface area contributed by atoms with E-state index >= 15 is 0 Å². The third-order valence-electron chi connectivity index (χ3n) is 3.97. The van der Waals surface area contributed by atoms with Crippen LogP contribution in [0.4, 0.5) is 11.4 Å². The van der Waals surface area contributed by atoms with E-state index in [4.69, 9.17) is 20.9 Å². The summed E-state index contributed by atoms with van der Waals surface area (Å²) in [6, 6.07) is 5.17. The Kier molecular flexibility index (Phi) is 3.27. The molecule has 6 nitrogen and oxygen atoms in total. The number of piperidine rings is 1. The molecule has 6 heteroatoms. The number of carbonyl (C=O) groups excluding carboxylic acids is 1.